The summed E-state index contributed by atoms with van der Waals surface area (Å²) in [7, 11) is 0. The Morgan fingerprint density at radius 1 is 1.38 bits per heavy atom. The summed E-state index contributed by atoms with van der Waals surface area (Å²) in [4.78, 5) is 5.80. The average molecular weight is 211 g/mol. The molecular weight excluding hydrogens is 202 g/mol. The fourth-order valence-electron chi connectivity index (χ4n) is 1.13. The molecule has 68 valence electrons. The molecule has 0 radical (unpaired) electrons. The van der Waals surface area contributed by atoms with Crippen LogP contribution in [0.5, 0.6) is 0 Å². The number of aromatic nitrogens is 1. The van der Waals surface area contributed by atoms with Gasteiger partial charge in [0.25, 0.3) is 0 Å². The van der Waals surface area contributed by atoms with Gasteiger partial charge in [0.1, 0.15) is 5.60 Å². The van der Waals surface area contributed by atoms with Crippen molar-refractivity contribution in [2.24, 2.45) is 0 Å². The molecule has 2 heterocycles. The Kier molecular flexibility index (Phi) is 2.19. The Morgan fingerprint density at radius 2 is 2.23 bits per heavy atom. The van der Waals surface area contributed by atoms with Crippen molar-refractivity contribution in [1.29, 1.82) is 0 Å². The second-order valence-corrected chi connectivity index (χ2v) is 4.75. The second kappa shape index (κ2) is 3.21. The summed E-state index contributed by atoms with van der Waals surface area (Å²) in [5, 5.41) is 12.2. The van der Waals surface area contributed by atoms with Crippen molar-refractivity contribution < 1.29 is 5.11 Å². The normalized spacial score (nSPS) is 15.5. The molecule has 2 aromatic heterocycles. The minimum absolute atomic E-state index is 0.880. The standard InChI is InChI=1S/C9H9NOS2/c1-9(11,7-3-2-4-12-7)8-5-10-6-13-8/h2-6,11H,1H3. The zero-order chi connectivity index (χ0) is 9.31. The van der Waals surface area contributed by atoms with Gasteiger partial charge >= 0.3 is 0 Å². The molecule has 2 nitrogen and oxygen atoms in total. The van der Waals surface area contributed by atoms with E-state index in [1.165, 1.54) is 11.3 Å². The highest BCUT2D eigenvalue weighted by molar-refractivity contribution is 7.11. The Hall–Kier alpha value is -0.710. The molecule has 1 N–H and O–H groups in total. The van der Waals surface area contributed by atoms with Crippen molar-refractivity contribution in [3.63, 3.8) is 0 Å². The smallest absolute Gasteiger partial charge is 0.132 e. The summed E-state index contributed by atoms with van der Waals surface area (Å²) in [5.74, 6) is 0. The van der Waals surface area contributed by atoms with Crippen LogP contribution in [0.2, 0.25) is 0 Å². The van der Waals surface area contributed by atoms with Gasteiger partial charge < -0.3 is 5.11 Å². The first-order chi connectivity index (χ1) is 6.21. The molecule has 1 unspecified atom stereocenters. The van der Waals surface area contributed by atoms with Crippen LogP contribution in [0.3, 0.4) is 0 Å². The number of rotatable bonds is 2. The van der Waals surface area contributed by atoms with Crippen molar-refractivity contribution in [3.05, 3.63) is 39.0 Å². The minimum atomic E-state index is -0.880. The molecule has 2 aromatic rings. The highest BCUT2D eigenvalue weighted by Gasteiger charge is 2.27. The maximum absolute atomic E-state index is 10.2. The molecule has 0 fully saturated rings. The van der Waals surface area contributed by atoms with Crippen molar-refractivity contribution in [2.75, 3.05) is 0 Å². The van der Waals surface area contributed by atoms with E-state index < -0.39 is 5.60 Å². The second-order valence-electron chi connectivity index (χ2n) is 2.92. The first kappa shape index (κ1) is 8.87. The van der Waals surface area contributed by atoms with Crippen LogP contribution in [0.25, 0.3) is 0 Å². The molecule has 0 saturated carbocycles. The summed E-state index contributed by atoms with van der Waals surface area (Å²) < 4.78 is 0. The number of aliphatic hydroxyl groups is 1. The maximum atomic E-state index is 10.2. The topological polar surface area (TPSA) is 33.1 Å². The van der Waals surface area contributed by atoms with Gasteiger partial charge in [-0.1, -0.05) is 6.07 Å². The van der Waals surface area contributed by atoms with E-state index in [-0.39, 0.29) is 0 Å². The van der Waals surface area contributed by atoms with Crippen LogP contribution in [0.4, 0.5) is 0 Å². The van der Waals surface area contributed by atoms with Crippen molar-refractivity contribution in [1.82, 2.24) is 4.98 Å². The summed E-state index contributed by atoms with van der Waals surface area (Å²) in [6.45, 7) is 1.80. The lowest BCUT2D eigenvalue weighted by atomic mass is 10.0. The van der Waals surface area contributed by atoms with E-state index in [4.69, 9.17) is 0 Å². The van der Waals surface area contributed by atoms with Gasteiger partial charge in [-0.2, -0.15) is 0 Å². The average Bonchev–Trinajstić information content (AvgIpc) is 2.78. The van der Waals surface area contributed by atoms with Gasteiger partial charge in [0.2, 0.25) is 0 Å². The van der Waals surface area contributed by atoms with Gasteiger partial charge in [-0.25, -0.2) is 0 Å². The van der Waals surface area contributed by atoms with Crippen LogP contribution < -0.4 is 0 Å². The van der Waals surface area contributed by atoms with E-state index in [0.29, 0.717) is 0 Å². The quantitative estimate of drug-likeness (QED) is 0.827. The van der Waals surface area contributed by atoms with Gasteiger partial charge in [-0.15, -0.1) is 22.7 Å². The zero-order valence-electron chi connectivity index (χ0n) is 7.10. The van der Waals surface area contributed by atoms with Crippen molar-refractivity contribution in [2.45, 2.75) is 12.5 Å². The summed E-state index contributed by atoms with van der Waals surface area (Å²) >= 11 is 3.03. The first-order valence-electron chi connectivity index (χ1n) is 3.86. The molecule has 0 amide bonds. The Morgan fingerprint density at radius 3 is 2.77 bits per heavy atom. The van der Waals surface area contributed by atoms with Crippen LogP contribution in [0, 0.1) is 0 Å². The molecule has 4 heteroatoms. The molecule has 0 bridgehead atoms. The molecule has 0 spiro atoms. The Balaban J connectivity index is 2.42. The highest BCUT2D eigenvalue weighted by atomic mass is 32.1. The molecule has 2 rings (SSSR count). The SMILES string of the molecule is CC(O)(c1cccs1)c1cncs1. The fourth-order valence-corrected chi connectivity index (χ4v) is 2.69. The summed E-state index contributed by atoms with van der Waals surface area (Å²) in [5.41, 5.74) is 0.854. The monoisotopic (exact) mass is 211 g/mol. The van der Waals surface area contributed by atoms with E-state index in [2.05, 4.69) is 4.98 Å². The lowest BCUT2D eigenvalue weighted by Gasteiger charge is -2.19. The number of hydrogen-bond donors (Lipinski definition) is 1. The lowest BCUT2D eigenvalue weighted by molar-refractivity contribution is 0.110. The van der Waals surface area contributed by atoms with Crippen molar-refractivity contribution in [3.8, 4) is 0 Å². The molecule has 13 heavy (non-hydrogen) atoms. The Bertz CT molecular complexity index is 328. The van der Waals surface area contributed by atoms with Gasteiger partial charge in [-0.3, -0.25) is 4.98 Å². The summed E-state index contributed by atoms with van der Waals surface area (Å²) in [6.07, 6.45) is 1.71. The van der Waals surface area contributed by atoms with Crippen molar-refractivity contribution >= 4 is 22.7 Å². The van der Waals surface area contributed by atoms with Crippen LogP contribution >= 0.6 is 22.7 Å². The van der Waals surface area contributed by atoms with Crippen LogP contribution in [0.15, 0.2) is 29.2 Å². The molecule has 0 aliphatic carbocycles. The Labute approximate surface area is 84.5 Å². The third-order valence-electron chi connectivity index (χ3n) is 1.91. The van der Waals surface area contributed by atoms with Crippen LogP contribution in [-0.4, -0.2) is 10.1 Å². The molecule has 1 atom stereocenters. The number of hydrogen-bond acceptors (Lipinski definition) is 4. The third kappa shape index (κ3) is 1.52. The molecule has 0 aliphatic heterocycles. The van der Waals surface area contributed by atoms with Crippen LogP contribution in [-0.2, 0) is 5.60 Å². The zero-order valence-corrected chi connectivity index (χ0v) is 8.73. The number of thiophene rings is 1. The van der Waals surface area contributed by atoms with Gasteiger partial charge in [0.15, 0.2) is 0 Å². The van der Waals surface area contributed by atoms with Gasteiger partial charge in [0, 0.05) is 11.1 Å². The molecular formula is C9H9NOS2. The van der Waals surface area contributed by atoms with Gasteiger partial charge in [-0.05, 0) is 18.4 Å². The maximum Gasteiger partial charge on any atom is 0.132 e. The molecule has 0 aliphatic rings. The largest absolute Gasteiger partial charge is 0.379 e. The molecule has 0 aromatic carbocycles. The van der Waals surface area contributed by atoms with E-state index in [9.17, 15) is 5.11 Å². The molecule has 0 saturated heterocycles. The minimum Gasteiger partial charge on any atom is -0.379 e. The predicted molar refractivity (Wildman–Crippen MR) is 55.1 cm³/mol. The predicted octanol–water partition coefficient (Wildman–Crippen LogP) is 2.46. The fraction of sp³-hybridized carbons (Fsp3) is 0.222. The number of nitrogens with zero attached hydrogens (tertiary/aromatic N) is 1. The third-order valence-corrected chi connectivity index (χ3v) is 3.98. The summed E-state index contributed by atoms with van der Waals surface area (Å²) in [6, 6.07) is 3.87. The number of thiazole rings is 1. The van der Waals surface area contributed by atoms with E-state index in [1.54, 1.807) is 30.0 Å². The van der Waals surface area contributed by atoms with E-state index in [1.807, 2.05) is 17.5 Å². The van der Waals surface area contributed by atoms with E-state index in [0.717, 1.165) is 9.75 Å². The van der Waals surface area contributed by atoms with Gasteiger partial charge in [0.05, 0.1) is 10.4 Å². The van der Waals surface area contributed by atoms with Crippen LogP contribution in [0.1, 0.15) is 16.7 Å². The van der Waals surface area contributed by atoms with E-state index >= 15 is 0 Å². The first-order valence-corrected chi connectivity index (χ1v) is 5.62. The highest BCUT2D eigenvalue weighted by Crippen LogP contribution is 2.33. The lowest BCUT2D eigenvalue weighted by Crippen LogP contribution is -2.19.